The second-order valence-electron chi connectivity index (χ2n) is 3.09. The molecule has 4 nitrogen and oxygen atoms in total. The summed E-state index contributed by atoms with van der Waals surface area (Å²) in [6.07, 6.45) is 4.52. The van der Waals surface area contributed by atoms with E-state index in [-0.39, 0.29) is 0 Å². The van der Waals surface area contributed by atoms with Crippen molar-refractivity contribution in [3.63, 3.8) is 0 Å². The van der Waals surface area contributed by atoms with E-state index in [0.29, 0.717) is 0 Å². The molecule has 15 heavy (non-hydrogen) atoms. The lowest BCUT2D eigenvalue weighted by Gasteiger charge is -2.03. The molecule has 0 spiro atoms. The predicted molar refractivity (Wildman–Crippen MR) is 61.1 cm³/mol. The first-order chi connectivity index (χ1) is 7.34. The fourth-order valence-electron chi connectivity index (χ4n) is 1.23. The van der Waals surface area contributed by atoms with Gasteiger partial charge >= 0.3 is 0 Å². The normalized spacial score (nSPS) is 10.2. The molecule has 0 aromatic carbocycles. The number of nitrogens with one attached hydrogen (secondary N) is 1. The van der Waals surface area contributed by atoms with Crippen LogP contribution in [0.15, 0.2) is 23.8 Å². The molecule has 0 saturated carbocycles. The Morgan fingerprint density at radius 3 is 3.00 bits per heavy atom. The predicted octanol–water partition coefficient (Wildman–Crippen LogP) is 1.90. The number of aryl methyl sites for hydroxylation is 1. The maximum absolute atomic E-state index is 4.25. The van der Waals surface area contributed by atoms with Gasteiger partial charge < -0.3 is 5.32 Å². The highest BCUT2D eigenvalue weighted by Crippen LogP contribution is 2.06. The highest BCUT2D eigenvalue weighted by molar-refractivity contribution is 7.09. The number of rotatable bonds is 4. The molecule has 0 amide bonds. The van der Waals surface area contributed by atoms with Crippen molar-refractivity contribution >= 4 is 17.2 Å². The zero-order valence-corrected chi connectivity index (χ0v) is 9.29. The Bertz CT molecular complexity index is 413. The lowest BCUT2D eigenvalue weighted by molar-refractivity contribution is 0.969. The third kappa shape index (κ3) is 2.99. The van der Waals surface area contributed by atoms with Gasteiger partial charge in [0.2, 0.25) is 0 Å². The van der Waals surface area contributed by atoms with Crippen molar-refractivity contribution in [2.24, 2.45) is 0 Å². The van der Waals surface area contributed by atoms with Gasteiger partial charge in [-0.3, -0.25) is 0 Å². The Balaban J connectivity index is 1.83. The van der Waals surface area contributed by atoms with Crippen LogP contribution in [0, 0.1) is 6.92 Å². The Hall–Kier alpha value is -1.49. The summed E-state index contributed by atoms with van der Waals surface area (Å²) in [6, 6.07) is 1.87. The zero-order valence-electron chi connectivity index (χ0n) is 8.47. The van der Waals surface area contributed by atoms with Crippen LogP contribution in [0.2, 0.25) is 0 Å². The molecule has 0 bridgehead atoms. The zero-order chi connectivity index (χ0) is 10.5. The van der Waals surface area contributed by atoms with Crippen LogP contribution < -0.4 is 5.32 Å². The van der Waals surface area contributed by atoms with E-state index in [1.54, 1.807) is 17.5 Å². The fraction of sp³-hybridized carbons (Fsp3) is 0.300. The smallest absolute Gasteiger partial charge is 0.129 e. The molecule has 5 heteroatoms. The van der Waals surface area contributed by atoms with Gasteiger partial charge in [0.25, 0.3) is 0 Å². The van der Waals surface area contributed by atoms with Gasteiger partial charge in [0, 0.05) is 30.7 Å². The standard InChI is InChI=1S/C10H12N4S/c1-8-11-4-2-9(14-8)12-5-3-10-13-6-7-15-10/h2,4,6-7H,3,5H2,1H3,(H,11,12,14). The van der Waals surface area contributed by atoms with E-state index in [4.69, 9.17) is 0 Å². The Morgan fingerprint density at radius 1 is 1.33 bits per heavy atom. The summed E-state index contributed by atoms with van der Waals surface area (Å²) in [7, 11) is 0. The van der Waals surface area contributed by atoms with Crippen LogP contribution >= 0.6 is 11.3 Å². The van der Waals surface area contributed by atoms with E-state index in [1.807, 2.05) is 24.6 Å². The van der Waals surface area contributed by atoms with Crippen LogP contribution in [0.5, 0.6) is 0 Å². The summed E-state index contributed by atoms with van der Waals surface area (Å²) in [5, 5.41) is 6.38. The first-order valence-electron chi connectivity index (χ1n) is 4.76. The highest BCUT2D eigenvalue weighted by Gasteiger charge is 1.97. The third-order valence-corrected chi connectivity index (χ3v) is 2.74. The summed E-state index contributed by atoms with van der Waals surface area (Å²) in [5.74, 6) is 1.66. The summed E-state index contributed by atoms with van der Waals surface area (Å²) in [5.41, 5.74) is 0. The quantitative estimate of drug-likeness (QED) is 0.855. The van der Waals surface area contributed by atoms with Crippen molar-refractivity contribution in [2.75, 3.05) is 11.9 Å². The summed E-state index contributed by atoms with van der Waals surface area (Å²) < 4.78 is 0. The van der Waals surface area contributed by atoms with Gasteiger partial charge in [-0.25, -0.2) is 15.0 Å². The molecule has 2 rings (SSSR count). The number of aromatic nitrogens is 3. The van der Waals surface area contributed by atoms with Crippen LogP contribution in [0.3, 0.4) is 0 Å². The van der Waals surface area contributed by atoms with Gasteiger partial charge in [-0.1, -0.05) is 0 Å². The molecule has 0 unspecified atom stereocenters. The Labute approximate surface area is 92.4 Å². The lowest BCUT2D eigenvalue weighted by atomic mass is 10.4. The average Bonchev–Trinajstić information content (AvgIpc) is 2.71. The molecule has 2 aromatic heterocycles. The van der Waals surface area contributed by atoms with Crippen molar-refractivity contribution in [3.8, 4) is 0 Å². The van der Waals surface area contributed by atoms with Gasteiger partial charge in [0.15, 0.2) is 0 Å². The highest BCUT2D eigenvalue weighted by atomic mass is 32.1. The summed E-state index contributed by atoms with van der Waals surface area (Å²) >= 11 is 1.68. The van der Waals surface area contributed by atoms with Crippen molar-refractivity contribution < 1.29 is 0 Å². The molecule has 0 fully saturated rings. The first-order valence-corrected chi connectivity index (χ1v) is 5.64. The van der Waals surface area contributed by atoms with Crippen molar-refractivity contribution in [2.45, 2.75) is 13.3 Å². The molecule has 0 atom stereocenters. The number of hydrogen-bond acceptors (Lipinski definition) is 5. The number of nitrogens with zero attached hydrogens (tertiary/aromatic N) is 3. The van der Waals surface area contributed by atoms with Gasteiger partial charge in [-0.15, -0.1) is 11.3 Å². The largest absolute Gasteiger partial charge is 0.370 e. The van der Waals surface area contributed by atoms with E-state index in [9.17, 15) is 0 Å². The Kier molecular flexibility index (Phi) is 3.24. The van der Waals surface area contributed by atoms with Gasteiger partial charge in [0.1, 0.15) is 11.6 Å². The lowest BCUT2D eigenvalue weighted by Crippen LogP contribution is -2.06. The van der Waals surface area contributed by atoms with Gasteiger partial charge in [-0.2, -0.15) is 0 Å². The molecule has 78 valence electrons. The molecular weight excluding hydrogens is 208 g/mol. The molecule has 0 aliphatic rings. The molecule has 1 N–H and O–H groups in total. The van der Waals surface area contributed by atoms with Gasteiger partial charge in [-0.05, 0) is 13.0 Å². The van der Waals surface area contributed by atoms with E-state index in [0.717, 1.165) is 29.6 Å². The SMILES string of the molecule is Cc1nccc(NCCc2nccs2)n1. The number of hydrogen-bond donors (Lipinski definition) is 1. The first kappa shape index (κ1) is 10.0. The number of thiazole rings is 1. The van der Waals surface area contributed by atoms with Crippen LogP contribution in [0.1, 0.15) is 10.8 Å². The fourth-order valence-corrected chi connectivity index (χ4v) is 1.85. The molecule has 0 saturated heterocycles. The monoisotopic (exact) mass is 220 g/mol. The second kappa shape index (κ2) is 4.84. The minimum Gasteiger partial charge on any atom is -0.370 e. The molecule has 0 aliphatic heterocycles. The maximum Gasteiger partial charge on any atom is 0.129 e. The summed E-state index contributed by atoms with van der Waals surface area (Å²) in [4.78, 5) is 12.5. The third-order valence-electron chi connectivity index (χ3n) is 1.90. The topological polar surface area (TPSA) is 50.7 Å². The average molecular weight is 220 g/mol. The number of anilines is 1. The molecule has 2 aromatic rings. The summed E-state index contributed by atoms with van der Waals surface area (Å²) in [6.45, 7) is 2.73. The van der Waals surface area contributed by atoms with E-state index in [1.165, 1.54) is 0 Å². The van der Waals surface area contributed by atoms with Crippen LogP contribution in [-0.4, -0.2) is 21.5 Å². The molecule has 0 radical (unpaired) electrons. The van der Waals surface area contributed by atoms with Crippen LogP contribution in [0.4, 0.5) is 5.82 Å². The van der Waals surface area contributed by atoms with Crippen molar-refractivity contribution in [3.05, 3.63) is 34.7 Å². The van der Waals surface area contributed by atoms with Crippen molar-refractivity contribution in [1.82, 2.24) is 15.0 Å². The Morgan fingerprint density at radius 2 is 2.27 bits per heavy atom. The van der Waals surface area contributed by atoms with E-state index < -0.39 is 0 Å². The van der Waals surface area contributed by atoms with E-state index in [2.05, 4.69) is 20.3 Å². The second-order valence-corrected chi connectivity index (χ2v) is 4.07. The van der Waals surface area contributed by atoms with Crippen LogP contribution in [0.25, 0.3) is 0 Å². The van der Waals surface area contributed by atoms with Gasteiger partial charge in [0.05, 0.1) is 5.01 Å². The minimum atomic E-state index is 0.786. The molecular formula is C10H12N4S. The molecule has 2 heterocycles. The molecule has 0 aliphatic carbocycles. The van der Waals surface area contributed by atoms with E-state index >= 15 is 0 Å². The van der Waals surface area contributed by atoms with Crippen LogP contribution in [-0.2, 0) is 6.42 Å². The minimum absolute atomic E-state index is 0.786. The van der Waals surface area contributed by atoms with Crippen molar-refractivity contribution in [1.29, 1.82) is 0 Å². The maximum atomic E-state index is 4.25.